The molecule has 1 atom stereocenters. The molecule has 0 bridgehead atoms. The number of thioether (sulfide) groups is 1. The summed E-state index contributed by atoms with van der Waals surface area (Å²) in [5, 5.41) is 17.5. The van der Waals surface area contributed by atoms with Crippen molar-refractivity contribution in [2.75, 3.05) is 64.7 Å². The molecule has 1 unspecified atom stereocenters. The first kappa shape index (κ1) is 43.5. The molecule has 6 heterocycles. The molecule has 3 aromatic heterocycles. The van der Waals surface area contributed by atoms with Crippen LogP contribution in [0.15, 0.2) is 44.6 Å². The topological polar surface area (TPSA) is 181 Å². The number of anilines is 1. The van der Waals surface area contributed by atoms with Crippen LogP contribution in [0.25, 0.3) is 0 Å². The van der Waals surface area contributed by atoms with E-state index >= 15 is 0 Å². The lowest BCUT2D eigenvalue weighted by molar-refractivity contribution is -0.137. The molecule has 314 valence electrons. The maximum atomic E-state index is 12.9. The Kier molecular flexibility index (Phi) is 14.8. The lowest BCUT2D eigenvalue weighted by Crippen LogP contribution is -2.52. The molecular weight excluding hydrogens is 799 g/mol. The number of carbonyl (C=O) groups is 5. The number of nitrogens with one attached hydrogen (secondary N) is 5. The Morgan fingerprint density at radius 2 is 1.86 bits per heavy atom. The van der Waals surface area contributed by atoms with Crippen molar-refractivity contribution in [1.29, 1.82) is 0 Å². The monoisotopic (exact) mass is 853 g/mol. The number of furan rings is 1. The summed E-state index contributed by atoms with van der Waals surface area (Å²) >= 11 is 4.75. The van der Waals surface area contributed by atoms with Crippen LogP contribution in [-0.2, 0) is 43.4 Å². The molecule has 3 aliphatic rings. The van der Waals surface area contributed by atoms with Crippen LogP contribution in [0, 0.1) is 5.92 Å². The third kappa shape index (κ3) is 11.8. The van der Waals surface area contributed by atoms with Crippen LogP contribution in [0.1, 0.15) is 78.8 Å². The number of nitrogens with zero attached hydrogens (tertiary/aromatic N) is 4. The molecular formula is C40H55N9O6S3. The molecule has 3 aromatic rings. The second kappa shape index (κ2) is 19.8. The minimum absolute atomic E-state index is 0.00601. The summed E-state index contributed by atoms with van der Waals surface area (Å²) in [6, 6.07) is 3.45. The average molecular weight is 854 g/mol. The Morgan fingerprint density at radius 3 is 2.60 bits per heavy atom. The van der Waals surface area contributed by atoms with Gasteiger partial charge in [-0.25, -0.2) is 4.98 Å². The first-order valence-electron chi connectivity index (χ1n) is 19.8. The molecule has 0 aromatic carbocycles. The third-order valence-electron chi connectivity index (χ3n) is 10.6. The SMILES string of the molecule is C=C(Nc1ncc(SCc2ccc(C(C)(C)C)o2)s1)C1CCN(CC(=O)NCCN(C)CCNCC(=O)NCc2scc3c2CN(C2CCC(=O)NC2=O)C3=O)CC1. The van der Waals surface area contributed by atoms with E-state index in [2.05, 4.69) is 80.9 Å². The van der Waals surface area contributed by atoms with Crippen molar-refractivity contribution in [2.45, 2.75) is 81.0 Å². The highest BCUT2D eigenvalue weighted by atomic mass is 32.2. The number of thiophene rings is 1. The van der Waals surface area contributed by atoms with E-state index in [0.717, 1.165) is 68.7 Å². The van der Waals surface area contributed by atoms with Gasteiger partial charge >= 0.3 is 0 Å². The molecule has 0 aliphatic carbocycles. The fourth-order valence-electron chi connectivity index (χ4n) is 7.09. The number of amides is 5. The molecule has 15 nitrogen and oxygen atoms in total. The molecule has 0 radical (unpaired) electrons. The zero-order chi connectivity index (χ0) is 41.4. The molecule has 6 rings (SSSR count). The van der Waals surface area contributed by atoms with Crippen molar-refractivity contribution in [1.82, 2.24) is 41.0 Å². The minimum Gasteiger partial charge on any atom is -0.465 e. The van der Waals surface area contributed by atoms with Crippen LogP contribution in [0.5, 0.6) is 0 Å². The molecule has 58 heavy (non-hydrogen) atoms. The van der Waals surface area contributed by atoms with Crippen molar-refractivity contribution >= 4 is 69.1 Å². The quantitative estimate of drug-likeness (QED) is 0.0671. The van der Waals surface area contributed by atoms with Gasteiger partial charge in [0.2, 0.25) is 23.6 Å². The van der Waals surface area contributed by atoms with Crippen LogP contribution in [0.4, 0.5) is 5.13 Å². The van der Waals surface area contributed by atoms with E-state index < -0.39 is 11.9 Å². The first-order chi connectivity index (χ1) is 27.7. The van der Waals surface area contributed by atoms with Crippen LogP contribution in [0.2, 0.25) is 0 Å². The number of allylic oxidation sites excluding steroid dienone is 1. The van der Waals surface area contributed by atoms with Crippen molar-refractivity contribution in [3.8, 4) is 0 Å². The van der Waals surface area contributed by atoms with Crippen molar-refractivity contribution < 1.29 is 28.4 Å². The van der Waals surface area contributed by atoms with Crippen molar-refractivity contribution in [3.63, 3.8) is 0 Å². The predicted octanol–water partition coefficient (Wildman–Crippen LogP) is 3.74. The molecule has 18 heteroatoms. The summed E-state index contributed by atoms with van der Waals surface area (Å²) in [7, 11) is 1.98. The van der Waals surface area contributed by atoms with Gasteiger partial charge in [-0.2, -0.15) is 0 Å². The van der Waals surface area contributed by atoms with Gasteiger partial charge in [-0.1, -0.05) is 38.7 Å². The average Bonchev–Trinajstić information content (AvgIpc) is 3.99. The summed E-state index contributed by atoms with van der Waals surface area (Å²) in [6.45, 7) is 16.0. The second-order valence-electron chi connectivity index (χ2n) is 16.0. The van der Waals surface area contributed by atoms with E-state index in [1.807, 2.05) is 13.2 Å². The molecule has 5 amide bonds. The lowest BCUT2D eigenvalue weighted by atomic mass is 9.94. The molecule has 3 aliphatic heterocycles. The number of rotatable bonds is 19. The summed E-state index contributed by atoms with van der Waals surface area (Å²) in [4.78, 5) is 73.3. The first-order valence-corrected chi connectivity index (χ1v) is 22.4. The standard InChI is InChI=1S/C40H55N9O6S3/c1-25(45-39-44-20-36(58-39)57-23-27-6-8-32(55-27)40(2,3)4)26-10-14-48(15-11-26)22-35(52)42-13-17-47(5)16-12-41-19-34(51)43-18-31-28-21-49(38(54)29(28)24-56-31)30-7-9-33(50)46-37(30)53/h6,8,20,24,26,30,41H,1,7,9-19,21-23H2,2-5H3,(H,42,52)(H,43,51)(H,44,45)(H,46,50,53). The van der Waals surface area contributed by atoms with Crippen LogP contribution in [-0.4, -0.2) is 115 Å². The maximum Gasteiger partial charge on any atom is 0.256 e. The number of thiazole rings is 1. The van der Waals surface area contributed by atoms with E-state index in [1.54, 1.807) is 28.5 Å². The Bertz CT molecular complexity index is 1960. The number of hydrogen-bond donors (Lipinski definition) is 5. The van der Waals surface area contributed by atoms with Crippen LogP contribution in [0.3, 0.4) is 0 Å². The Balaban J connectivity index is 0.785. The van der Waals surface area contributed by atoms with Gasteiger partial charge in [0.1, 0.15) is 17.6 Å². The number of carbonyl (C=O) groups excluding carboxylic acids is 5. The number of imide groups is 1. The van der Waals surface area contributed by atoms with Gasteiger partial charge in [0.05, 0.1) is 41.4 Å². The number of likely N-dealkylation sites (N-methyl/N-ethyl adjacent to an activating group) is 1. The van der Waals surface area contributed by atoms with Gasteiger partial charge < -0.3 is 35.5 Å². The normalized spacial score (nSPS) is 17.8. The van der Waals surface area contributed by atoms with E-state index in [9.17, 15) is 24.0 Å². The zero-order valence-corrected chi connectivity index (χ0v) is 36.2. The fraction of sp³-hybridized carbons (Fsp3) is 0.550. The van der Waals surface area contributed by atoms with Gasteiger partial charge in [0, 0.05) is 66.4 Å². The highest BCUT2D eigenvalue weighted by Gasteiger charge is 2.40. The van der Waals surface area contributed by atoms with Crippen molar-refractivity contribution in [2.24, 2.45) is 5.92 Å². The van der Waals surface area contributed by atoms with Gasteiger partial charge in [-0.3, -0.25) is 34.2 Å². The summed E-state index contributed by atoms with van der Waals surface area (Å²) < 4.78 is 7.13. The Hall–Kier alpha value is -4.07. The largest absolute Gasteiger partial charge is 0.465 e. The zero-order valence-electron chi connectivity index (χ0n) is 33.7. The van der Waals surface area contributed by atoms with Gasteiger partial charge in [0.15, 0.2) is 5.13 Å². The van der Waals surface area contributed by atoms with Crippen molar-refractivity contribution in [3.05, 3.63) is 63.5 Å². The summed E-state index contributed by atoms with van der Waals surface area (Å²) in [6.07, 6.45) is 4.26. The van der Waals surface area contributed by atoms with E-state index in [0.29, 0.717) is 57.2 Å². The smallest absolute Gasteiger partial charge is 0.256 e. The number of hydrogen-bond acceptors (Lipinski definition) is 14. The minimum atomic E-state index is -0.662. The van der Waals surface area contributed by atoms with Crippen LogP contribution < -0.4 is 26.6 Å². The molecule has 5 N–H and O–H groups in total. The Morgan fingerprint density at radius 1 is 1.09 bits per heavy atom. The van der Waals surface area contributed by atoms with E-state index in [1.165, 1.54) is 16.2 Å². The van der Waals surface area contributed by atoms with Gasteiger partial charge in [0.25, 0.3) is 5.91 Å². The summed E-state index contributed by atoms with van der Waals surface area (Å²) in [5.41, 5.74) is 2.35. The molecule has 2 saturated heterocycles. The number of aromatic nitrogens is 1. The molecule has 0 spiro atoms. The summed E-state index contributed by atoms with van der Waals surface area (Å²) in [5.74, 6) is 1.90. The van der Waals surface area contributed by atoms with Crippen LogP contribution >= 0.6 is 34.4 Å². The van der Waals surface area contributed by atoms with E-state index in [4.69, 9.17) is 4.42 Å². The highest BCUT2D eigenvalue weighted by Crippen LogP contribution is 2.35. The highest BCUT2D eigenvalue weighted by molar-refractivity contribution is 8.00. The third-order valence-corrected chi connectivity index (χ3v) is 13.7. The second-order valence-corrected chi connectivity index (χ2v) is 19.3. The predicted molar refractivity (Wildman–Crippen MR) is 227 cm³/mol. The van der Waals surface area contributed by atoms with E-state index in [-0.39, 0.29) is 48.6 Å². The fourth-order valence-corrected chi connectivity index (χ4v) is 9.86. The van der Waals surface area contributed by atoms with Gasteiger partial charge in [-0.05, 0) is 57.1 Å². The number of fused-ring (bicyclic) bond motifs is 1. The Labute approximate surface area is 352 Å². The number of likely N-dealkylation sites (tertiary alicyclic amines) is 1. The number of piperidine rings is 2. The molecule has 2 fully saturated rings. The lowest BCUT2D eigenvalue weighted by Gasteiger charge is -2.32. The molecule has 0 saturated carbocycles. The van der Waals surface area contributed by atoms with Gasteiger partial charge in [-0.15, -0.1) is 23.1 Å². The maximum absolute atomic E-state index is 12.9.